The summed E-state index contributed by atoms with van der Waals surface area (Å²) in [4.78, 5) is 54.0. The average molecular weight is 432 g/mol. The minimum absolute atomic E-state index is 0.0281. The Bertz CT molecular complexity index is 1140. The summed E-state index contributed by atoms with van der Waals surface area (Å²) in [6.07, 6.45) is 1.89. The Morgan fingerprint density at radius 1 is 0.938 bits per heavy atom. The number of hydrogen-bond donors (Lipinski definition) is 1. The quantitative estimate of drug-likeness (QED) is 0.346. The number of para-hydroxylation sites is 1. The number of ether oxygens (including phenoxy) is 1. The van der Waals surface area contributed by atoms with Crippen molar-refractivity contribution in [2.75, 3.05) is 12.0 Å². The molecule has 0 aliphatic heterocycles. The lowest BCUT2D eigenvalue weighted by atomic mass is 10.0. The van der Waals surface area contributed by atoms with Crippen molar-refractivity contribution in [2.24, 2.45) is 0 Å². The summed E-state index contributed by atoms with van der Waals surface area (Å²) < 4.78 is 4.58. The summed E-state index contributed by atoms with van der Waals surface area (Å²) in [7, 11) is 1.10. The summed E-state index contributed by atoms with van der Waals surface area (Å²) in [5.41, 5.74) is 1.49. The van der Waals surface area contributed by atoms with E-state index in [4.69, 9.17) is 5.11 Å². The monoisotopic (exact) mass is 432 g/mol. The second-order valence-corrected chi connectivity index (χ2v) is 6.77. The predicted molar refractivity (Wildman–Crippen MR) is 116 cm³/mol. The average Bonchev–Trinajstić information content (AvgIpc) is 2.83. The number of carbonyl (C=O) groups excluding carboxylic acids is 3. The van der Waals surface area contributed by atoms with Crippen LogP contribution < -0.4 is 4.90 Å². The van der Waals surface area contributed by atoms with E-state index in [1.807, 2.05) is 0 Å². The van der Waals surface area contributed by atoms with Gasteiger partial charge < -0.3 is 9.84 Å². The van der Waals surface area contributed by atoms with Crippen LogP contribution in [0.15, 0.2) is 72.9 Å². The number of rotatable bonds is 7. The van der Waals surface area contributed by atoms with Crippen molar-refractivity contribution in [1.29, 1.82) is 0 Å². The zero-order valence-electron chi connectivity index (χ0n) is 17.2. The first-order valence-electron chi connectivity index (χ1n) is 9.70. The minimum Gasteiger partial charge on any atom is -0.478 e. The predicted octanol–water partition coefficient (Wildman–Crippen LogP) is 3.43. The lowest BCUT2D eigenvalue weighted by molar-refractivity contribution is -0.151. The van der Waals surface area contributed by atoms with Gasteiger partial charge in [0, 0.05) is 12.6 Å². The number of methoxy groups -OCH3 is 1. The van der Waals surface area contributed by atoms with Gasteiger partial charge in [-0.25, -0.2) is 14.6 Å². The molecule has 162 valence electrons. The Kier molecular flexibility index (Phi) is 7.07. The Labute approximate surface area is 184 Å². The van der Waals surface area contributed by atoms with Crippen LogP contribution in [-0.4, -0.2) is 40.8 Å². The molecule has 3 rings (SSSR count). The van der Waals surface area contributed by atoms with Crippen LogP contribution in [0.4, 0.5) is 11.5 Å². The molecule has 8 nitrogen and oxygen atoms in total. The number of anilines is 2. The number of carboxylic acid groups (broad SMARTS) is 1. The molecule has 1 heterocycles. The number of carbonyl (C=O) groups is 4. The number of nitrogens with zero attached hydrogens (tertiary/aromatic N) is 2. The third-order valence-electron chi connectivity index (χ3n) is 4.72. The van der Waals surface area contributed by atoms with E-state index in [1.165, 1.54) is 18.3 Å². The smallest absolute Gasteiger partial charge is 0.397 e. The van der Waals surface area contributed by atoms with Crippen molar-refractivity contribution in [3.8, 4) is 0 Å². The maximum absolute atomic E-state index is 13.0. The van der Waals surface area contributed by atoms with Crippen LogP contribution in [0.1, 0.15) is 32.7 Å². The molecule has 0 bridgehead atoms. The van der Waals surface area contributed by atoms with Gasteiger partial charge in [-0.1, -0.05) is 30.3 Å². The maximum atomic E-state index is 13.0. The van der Waals surface area contributed by atoms with Gasteiger partial charge in [0.2, 0.25) is 0 Å². The molecular weight excluding hydrogens is 412 g/mol. The highest BCUT2D eigenvalue weighted by Gasteiger charge is 2.29. The van der Waals surface area contributed by atoms with Gasteiger partial charge in [0.05, 0.1) is 23.9 Å². The van der Waals surface area contributed by atoms with E-state index in [9.17, 15) is 19.2 Å². The molecular formula is C24H20N2O6. The molecule has 0 radical (unpaired) electrons. The maximum Gasteiger partial charge on any atom is 0.397 e. The van der Waals surface area contributed by atoms with Crippen molar-refractivity contribution >= 4 is 35.1 Å². The SMILES string of the molecule is COC(=O)C(=O)N(c1ccccc1)c1ncccc1C(=O)CCc1ccc(C(=O)O)cc1. The Hall–Kier alpha value is -4.33. The zero-order valence-corrected chi connectivity index (χ0v) is 17.2. The van der Waals surface area contributed by atoms with Crippen molar-refractivity contribution < 1.29 is 29.0 Å². The van der Waals surface area contributed by atoms with E-state index >= 15 is 0 Å². The highest BCUT2D eigenvalue weighted by Crippen LogP contribution is 2.28. The number of aromatic carboxylic acids is 1. The van der Waals surface area contributed by atoms with E-state index in [2.05, 4.69) is 9.72 Å². The number of carboxylic acids is 1. The number of benzene rings is 2. The summed E-state index contributed by atoms with van der Waals surface area (Å²) in [6, 6.07) is 17.7. The molecule has 32 heavy (non-hydrogen) atoms. The standard InChI is InChI=1S/C24H20N2O6/c1-32-24(31)22(28)26(18-6-3-2-4-7-18)21-19(8-5-15-25-21)20(27)14-11-16-9-12-17(13-10-16)23(29)30/h2-10,12-13,15H,11,14H2,1H3,(H,29,30). The normalized spacial score (nSPS) is 10.3. The third kappa shape index (κ3) is 5.04. The molecule has 1 aromatic heterocycles. The largest absolute Gasteiger partial charge is 0.478 e. The number of pyridine rings is 1. The van der Waals surface area contributed by atoms with Crippen molar-refractivity contribution in [1.82, 2.24) is 4.98 Å². The summed E-state index contributed by atoms with van der Waals surface area (Å²) >= 11 is 0. The first kappa shape index (κ1) is 22.4. The number of amides is 1. The van der Waals surface area contributed by atoms with Gasteiger partial charge >= 0.3 is 17.8 Å². The number of aryl methyl sites for hydroxylation is 1. The highest BCUT2D eigenvalue weighted by atomic mass is 16.5. The van der Waals surface area contributed by atoms with E-state index in [1.54, 1.807) is 54.6 Å². The molecule has 0 unspecified atom stereocenters. The minimum atomic E-state index is -1.09. The molecule has 8 heteroatoms. The van der Waals surface area contributed by atoms with Crippen LogP contribution in [0.2, 0.25) is 0 Å². The summed E-state index contributed by atoms with van der Waals surface area (Å²) in [5, 5.41) is 8.99. The fraction of sp³-hybridized carbons (Fsp3) is 0.125. The summed E-state index contributed by atoms with van der Waals surface area (Å²) in [5.74, 6) is -3.34. The lowest BCUT2D eigenvalue weighted by Gasteiger charge is -2.22. The third-order valence-corrected chi connectivity index (χ3v) is 4.72. The van der Waals surface area contributed by atoms with Gasteiger partial charge in [0.1, 0.15) is 0 Å². The molecule has 1 N–H and O–H groups in total. The molecule has 0 spiro atoms. The molecule has 0 fully saturated rings. The van der Waals surface area contributed by atoms with Crippen LogP contribution in [0.3, 0.4) is 0 Å². The fourth-order valence-corrected chi connectivity index (χ4v) is 3.09. The van der Waals surface area contributed by atoms with Gasteiger partial charge in [0.25, 0.3) is 0 Å². The van der Waals surface area contributed by atoms with E-state index < -0.39 is 17.8 Å². The Morgan fingerprint density at radius 2 is 1.62 bits per heavy atom. The Morgan fingerprint density at radius 3 is 2.25 bits per heavy atom. The number of hydrogen-bond acceptors (Lipinski definition) is 6. The fourth-order valence-electron chi connectivity index (χ4n) is 3.09. The molecule has 0 saturated heterocycles. The molecule has 1 amide bonds. The molecule has 0 atom stereocenters. The lowest BCUT2D eigenvalue weighted by Crippen LogP contribution is -2.35. The number of aromatic nitrogens is 1. The van der Waals surface area contributed by atoms with Gasteiger partial charge in [-0.15, -0.1) is 0 Å². The van der Waals surface area contributed by atoms with Crippen molar-refractivity contribution in [3.05, 3.63) is 89.6 Å². The van der Waals surface area contributed by atoms with Gasteiger partial charge in [0.15, 0.2) is 11.6 Å². The first-order chi connectivity index (χ1) is 15.4. The highest BCUT2D eigenvalue weighted by molar-refractivity contribution is 6.40. The van der Waals surface area contributed by atoms with Crippen LogP contribution in [0.25, 0.3) is 0 Å². The summed E-state index contributed by atoms with van der Waals surface area (Å²) in [6.45, 7) is 0. The molecule has 2 aromatic carbocycles. The van der Waals surface area contributed by atoms with E-state index in [-0.39, 0.29) is 29.1 Å². The first-order valence-corrected chi connectivity index (χ1v) is 9.70. The number of esters is 1. The molecule has 0 aliphatic rings. The topological polar surface area (TPSA) is 114 Å². The van der Waals surface area contributed by atoms with Crippen LogP contribution >= 0.6 is 0 Å². The Balaban J connectivity index is 1.89. The molecule has 0 saturated carbocycles. The van der Waals surface area contributed by atoms with E-state index in [0.717, 1.165) is 17.6 Å². The van der Waals surface area contributed by atoms with Gasteiger partial charge in [-0.3, -0.25) is 14.5 Å². The van der Waals surface area contributed by atoms with Crippen molar-refractivity contribution in [3.63, 3.8) is 0 Å². The molecule has 0 aliphatic carbocycles. The van der Waals surface area contributed by atoms with Crippen molar-refractivity contribution in [2.45, 2.75) is 12.8 Å². The van der Waals surface area contributed by atoms with Crippen LogP contribution in [-0.2, 0) is 20.7 Å². The molecule has 3 aromatic rings. The second-order valence-electron chi connectivity index (χ2n) is 6.77. The van der Waals surface area contributed by atoms with Gasteiger partial charge in [-0.2, -0.15) is 0 Å². The van der Waals surface area contributed by atoms with Gasteiger partial charge in [-0.05, 0) is 48.4 Å². The number of ketones is 1. The number of Topliss-reactive ketones (excluding diaryl/α,β-unsaturated/α-hetero) is 1. The second kappa shape index (κ2) is 10.1. The zero-order chi connectivity index (χ0) is 23.1. The van der Waals surface area contributed by atoms with Crippen LogP contribution in [0, 0.1) is 0 Å². The van der Waals surface area contributed by atoms with Crippen LogP contribution in [0.5, 0.6) is 0 Å². The van der Waals surface area contributed by atoms with E-state index in [0.29, 0.717) is 12.1 Å².